The molecule has 37 atom stereocenters. The van der Waals surface area contributed by atoms with Gasteiger partial charge in [0.2, 0.25) is 0 Å². The van der Waals surface area contributed by atoms with Gasteiger partial charge in [-0.05, 0) is 86.5 Å². The Morgan fingerprint density at radius 3 is 1.45 bits per heavy atom. The molecule has 10 fully saturated rings. The fourth-order valence-corrected chi connectivity index (χ4v) is 16.4. The summed E-state index contributed by atoms with van der Waals surface area (Å²) < 4.78 is 70.5. The maximum absolute atomic E-state index is 12.3. The molecule has 6 aliphatic heterocycles. The largest absolute Gasteiger partial charge is 0.394 e. The topological polar surface area (TPSA) is 515 Å². The molecule has 32 unspecified atom stereocenters. The van der Waals surface area contributed by atoms with Crippen molar-refractivity contribution >= 4 is 0 Å². The van der Waals surface area contributed by atoms with E-state index >= 15 is 0 Å². The molecule has 0 aromatic heterocycles. The Morgan fingerprint density at radius 2 is 0.909 bits per heavy atom. The van der Waals surface area contributed by atoms with Crippen molar-refractivity contribution in [3.8, 4) is 0 Å². The predicted molar refractivity (Wildman–Crippen MR) is 284 cm³/mol. The molecular weight excluding hydrogens is 1180 g/mol. The molecule has 10 aliphatic rings. The van der Waals surface area contributed by atoms with Gasteiger partial charge in [0.15, 0.2) is 44.0 Å². The van der Waals surface area contributed by atoms with Crippen LogP contribution < -0.4 is 0 Å². The molecule has 20 N–H and O–H groups in total. The van der Waals surface area contributed by atoms with Gasteiger partial charge in [-0.1, -0.05) is 26.8 Å². The molecule has 4 saturated carbocycles. The van der Waals surface area contributed by atoms with Gasteiger partial charge in [0.25, 0.3) is 0 Å². The van der Waals surface area contributed by atoms with Crippen molar-refractivity contribution in [2.45, 2.75) is 275 Å². The fraction of sp³-hybridized carbons (Fsp3) is 0.964. The highest BCUT2D eigenvalue weighted by Gasteiger charge is 2.69. The first-order valence-electron chi connectivity index (χ1n) is 30.4. The van der Waals surface area contributed by atoms with Crippen molar-refractivity contribution in [3.05, 3.63) is 12.2 Å². The van der Waals surface area contributed by atoms with Crippen molar-refractivity contribution in [2.24, 2.45) is 28.1 Å². The highest BCUT2D eigenvalue weighted by molar-refractivity contribution is 5.30. The summed E-state index contributed by atoms with van der Waals surface area (Å²) in [5.41, 5.74) is -1.96. The molecule has 0 aromatic carbocycles. The van der Waals surface area contributed by atoms with Crippen LogP contribution in [0, 0.1) is 28.1 Å². The van der Waals surface area contributed by atoms with Crippen molar-refractivity contribution < 1.29 is 159 Å². The zero-order valence-corrected chi connectivity index (χ0v) is 49.0. The number of aliphatic hydroxyl groups excluding tert-OH is 20. The van der Waals surface area contributed by atoms with Crippen molar-refractivity contribution in [2.75, 3.05) is 33.0 Å². The standard InChI is InChI=1S/C56H92O32/c1-19-12-55-10-6-26-53(3,27(55)7-11-56(19,18-55)88-51-45(37(69)28(60)20(2)79-51)86-48-41(73)34(66)30(62)22(14-58)81-48)8-5-9-54(26,4)52(76)87-50-43(75)38(70)44(23(15-59)82-50)85-49-42(74)36(68)32(64)25(84-49)17-78-47-40(72)35(67)31(63)24(83-47)16-77-46-39(71)33(65)29(61)21(13-57)80-46/h20-52,57-76H,1,5-18H2,2-4H3/t20?,21?,22?,23?,24?,25?,26?,27-,28?,29?,30?,31?,32?,33?,34?,35?,36?,37?,38?,39?,40?,41?,42?,43?,44?,45?,46?,47?,48?,49?,50?,51?,52?,53+,54+,55+,56-/m0/s1. The molecule has 6 heterocycles. The SMILES string of the molecule is C=C1C[C@@]23CCC4[C@](C)(C(O)OC5OC(CO)C(OC6OC(COC7OC(COC8OC(CO)C(O)C(O)C8O)C(O)C(O)C7O)C(O)C(O)C6O)C(O)C5O)CCC[C@@]4(C)[C@@H]2CC[C@]1(OC1OC(C)C(O)C(O)C1OC1OC(CO)C(O)C(O)C1O)C3. The molecule has 1 spiro atoms. The summed E-state index contributed by atoms with van der Waals surface area (Å²) >= 11 is 0. The molecule has 0 radical (unpaired) electrons. The highest BCUT2D eigenvalue weighted by Crippen LogP contribution is 2.74. The summed E-state index contributed by atoms with van der Waals surface area (Å²) in [6.07, 6.45) is -47.5. The van der Waals surface area contributed by atoms with Gasteiger partial charge in [-0.15, -0.1) is 0 Å². The maximum atomic E-state index is 12.3. The van der Waals surface area contributed by atoms with Crippen LogP contribution in [-0.4, -0.2) is 331 Å². The summed E-state index contributed by atoms with van der Waals surface area (Å²) in [6.45, 7) is 6.31. The van der Waals surface area contributed by atoms with Gasteiger partial charge in [-0.2, -0.15) is 0 Å². The molecule has 32 heteroatoms. The Morgan fingerprint density at radius 1 is 0.466 bits per heavy atom. The summed E-state index contributed by atoms with van der Waals surface area (Å²) in [6, 6.07) is 0. The van der Waals surface area contributed by atoms with Gasteiger partial charge in [-0.3, -0.25) is 0 Å². The van der Waals surface area contributed by atoms with E-state index in [2.05, 4.69) is 13.5 Å². The molecule has 0 aromatic rings. The summed E-state index contributed by atoms with van der Waals surface area (Å²) in [5.74, 6) is -0.122. The Balaban J connectivity index is 0.761. The second-order valence-electron chi connectivity index (χ2n) is 26.7. The number of hydrogen-bond acceptors (Lipinski definition) is 32. The lowest BCUT2D eigenvalue weighted by Crippen LogP contribution is -2.66. The van der Waals surface area contributed by atoms with Crippen LogP contribution in [0.25, 0.3) is 0 Å². The van der Waals surface area contributed by atoms with E-state index in [1.807, 2.05) is 6.92 Å². The average Bonchev–Trinajstić information content (AvgIpc) is 1.40. The lowest BCUT2D eigenvalue weighted by Gasteiger charge is -2.65. The molecular formula is C56H92O32. The van der Waals surface area contributed by atoms with Crippen LogP contribution >= 0.6 is 0 Å². The molecule has 0 amide bonds. The van der Waals surface area contributed by atoms with Crippen LogP contribution in [0.4, 0.5) is 0 Å². The summed E-state index contributed by atoms with van der Waals surface area (Å²) in [7, 11) is 0. The van der Waals surface area contributed by atoms with Gasteiger partial charge in [0.1, 0.15) is 140 Å². The third-order valence-electron chi connectivity index (χ3n) is 21.4. The molecule has 32 nitrogen and oxygen atoms in total. The van der Waals surface area contributed by atoms with Gasteiger partial charge in [0, 0.05) is 5.41 Å². The van der Waals surface area contributed by atoms with E-state index in [4.69, 9.17) is 56.8 Å². The predicted octanol–water partition coefficient (Wildman–Crippen LogP) is -8.65. The zero-order chi connectivity index (χ0) is 64.0. The van der Waals surface area contributed by atoms with E-state index in [0.717, 1.165) is 12.0 Å². The van der Waals surface area contributed by atoms with Crippen LogP contribution in [0.15, 0.2) is 12.2 Å². The third-order valence-corrected chi connectivity index (χ3v) is 21.4. The van der Waals surface area contributed by atoms with E-state index < -0.39 is 240 Å². The van der Waals surface area contributed by atoms with Gasteiger partial charge < -0.3 is 159 Å². The molecule has 6 saturated heterocycles. The molecule has 88 heavy (non-hydrogen) atoms. The van der Waals surface area contributed by atoms with Crippen molar-refractivity contribution in [1.82, 2.24) is 0 Å². The summed E-state index contributed by atoms with van der Waals surface area (Å²) in [4.78, 5) is 0. The molecule has 4 aliphatic carbocycles. The first-order chi connectivity index (χ1) is 41.5. The van der Waals surface area contributed by atoms with Crippen molar-refractivity contribution in [1.29, 1.82) is 0 Å². The first kappa shape index (κ1) is 69.3. The van der Waals surface area contributed by atoms with E-state index in [1.54, 1.807) is 6.92 Å². The highest BCUT2D eigenvalue weighted by atomic mass is 16.8. The average molecular weight is 1280 g/mol. The van der Waals surface area contributed by atoms with E-state index in [9.17, 15) is 102 Å². The number of hydrogen-bond donors (Lipinski definition) is 20. The van der Waals surface area contributed by atoms with Gasteiger partial charge in [0.05, 0.1) is 44.7 Å². The van der Waals surface area contributed by atoms with E-state index in [-0.39, 0.29) is 17.3 Å². The summed E-state index contributed by atoms with van der Waals surface area (Å²) in [5, 5.41) is 215. The van der Waals surface area contributed by atoms with Crippen LogP contribution in [0.1, 0.15) is 78.6 Å². The minimum absolute atomic E-state index is 0.0573. The van der Waals surface area contributed by atoms with Crippen LogP contribution in [-0.2, 0) is 56.8 Å². The van der Waals surface area contributed by atoms with Crippen molar-refractivity contribution in [3.63, 3.8) is 0 Å². The molecule has 10 rings (SSSR count). The number of rotatable bonds is 18. The first-order valence-corrected chi connectivity index (χ1v) is 30.4. The molecule has 508 valence electrons. The second-order valence-corrected chi connectivity index (χ2v) is 26.7. The Kier molecular flexibility index (Phi) is 21.2. The maximum Gasteiger partial charge on any atom is 0.189 e. The smallest absolute Gasteiger partial charge is 0.189 e. The lowest BCUT2D eigenvalue weighted by molar-refractivity contribution is -0.384. The minimum Gasteiger partial charge on any atom is -0.394 e. The van der Waals surface area contributed by atoms with E-state index in [1.165, 1.54) is 0 Å². The number of aliphatic hydroxyl groups is 20. The normalized spacial score (nSPS) is 55.4. The Bertz CT molecular complexity index is 2330. The lowest BCUT2D eigenvalue weighted by atomic mass is 9.40. The van der Waals surface area contributed by atoms with Crippen LogP contribution in [0.5, 0.6) is 0 Å². The Labute approximate surface area is 505 Å². The van der Waals surface area contributed by atoms with Gasteiger partial charge in [-0.25, -0.2) is 0 Å². The minimum atomic E-state index is -2.05. The monoisotopic (exact) mass is 1280 g/mol. The fourth-order valence-electron chi connectivity index (χ4n) is 16.4. The number of fused-ring (bicyclic) bond motifs is 3. The van der Waals surface area contributed by atoms with Gasteiger partial charge >= 0.3 is 0 Å². The Hall–Kier alpha value is -1.54. The van der Waals surface area contributed by atoms with E-state index in [0.29, 0.717) is 51.4 Å². The molecule has 2 bridgehead atoms. The third kappa shape index (κ3) is 12.3. The van der Waals surface area contributed by atoms with Crippen LogP contribution in [0.3, 0.4) is 0 Å². The second kappa shape index (κ2) is 26.9. The van der Waals surface area contributed by atoms with Crippen LogP contribution in [0.2, 0.25) is 0 Å². The number of ether oxygens (including phenoxy) is 12. The quantitative estimate of drug-likeness (QED) is 0.0344. The zero-order valence-electron chi connectivity index (χ0n) is 49.0.